The minimum absolute atomic E-state index is 0.0103. The molecule has 1 aromatic carbocycles. The van der Waals surface area contributed by atoms with Crippen LogP contribution in [-0.4, -0.2) is 58.8 Å². The van der Waals surface area contributed by atoms with Gasteiger partial charge in [0, 0.05) is 32.4 Å². The van der Waals surface area contributed by atoms with Gasteiger partial charge in [0.2, 0.25) is 5.91 Å². The Kier molecular flexibility index (Phi) is 5.68. The highest BCUT2D eigenvalue weighted by Crippen LogP contribution is 2.09. The summed E-state index contributed by atoms with van der Waals surface area (Å²) in [6, 6.07) is 11.8. The maximum absolute atomic E-state index is 12.2. The minimum atomic E-state index is -0.231. The summed E-state index contributed by atoms with van der Waals surface area (Å²) >= 11 is 0. The van der Waals surface area contributed by atoms with Gasteiger partial charge in [-0.1, -0.05) is 30.3 Å². The summed E-state index contributed by atoms with van der Waals surface area (Å²) in [7, 11) is 1.80. The number of rotatable bonds is 6. The number of amides is 2. The number of aryl methyl sites for hydroxylation is 2. The number of nitrogens with one attached hydrogen (secondary N) is 1. The molecular weight excluding hydrogens is 332 g/mol. The molecular formula is C19H24N4O3. The van der Waals surface area contributed by atoms with Crippen molar-refractivity contribution >= 4 is 11.8 Å². The van der Waals surface area contributed by atoms with Gasteiger partial charge in [0.05, 0.1) is 6.10 Å². The Morgan fingerprint density at radius 3 is 2.81 bits per heavy atom. The summed E-state index contributed by atoms with van der Waals surface area (Å²) < 4.78 is 7.22. The van der Waals surface area contributed by atoms with Crippen LogP contribution in [0.1, 0.15) is 21.7 Å². The highest BCUT2D eigenvalue weighted by Gasteiger charge is 2.26. The monoisotopic (exact) mass is 356 g/mol. The summed E-state index contributed by atoms with van der Waals surface area (Å²) in [6.45, 7) is 3.43. The summed E-state index contributed by atoms with van der Waals surface area (Å²) in [5.74, 6) is -0.242. The Bertz CT molecular complexity index is 753. The first-order valence-corrected chi connectivity index (χ1v) is 8.75. The molecule has 138 valence electrons. The van der Waals surface area contributed by atoms with Crippen LogP contribution < -0.4 is 5.32 Å². The van der Waals surface area contributed by atoms with Crippen molar-refractivity contribution in [3.8, 4) is 0 Å². The Morgan fingerprint density at radius 2 is 2.12 bits per heavy atom. The molecule has 3 rings (SSSR count). The number of hydrogen-bond acceptors (Lipinski definition) is 4. The molecule has 1 aliphatic rings. The van der Waals surface area contributed by atoms with E-state index in [9.17, 15) is 9.59 Å². The first-order valence-electron chi connectivity index (χ1n) is 8.75. The van der Waals surface area contributed by atoms with Crippen LogP contribution in [0.25, 0.3) is 0 Å². The first-order chi connectivity index (χ1) is 12.5. The molecule has 26 heavy (non-hydrogen) atoms. The fraction of sp³-hybridized carbons (Fsp3) is 0.421. The molecule has 7 heteroatoms. The van der Waals surface area contributed by atoms with E-state index in [1.165, 1.54) is 5.56 Å². The predicted octanol–water partition coefficient (Wildman–Crippen LogP) is 0.928. The van der Waals surface area contributed by atoms with Crippen molar-refractivity contribution in [1.29, 1.82) is 0 Å². The SMILES string of the molecule is Cc1cc(C(=O)NCC2CN(CCc3ccccc3)C(=O)CO2)nn1C. The number of benzene rings is 1. The summed E-state index contributed by atoms with van der Waals surface area (Å²) in [5.41, 5.74) is 2.50. The quantitative estimate of drug-likeness (QED) is 0.835. The fourth-order valence-electron chi connectivity index (χ4n) is 2.90. The Labute approximate surface area is 152 Å². The summed E-state index contributed by atoms with van der Waals surface area (Å²) in [6.07, 6.45) is 0.594. The summed E-state index contributed by atoms with van der Waals surface area (Å²) in [5, 5.41) is 7.00. The van der Waals surface area contributed by atoms with E-state index in [1.807, 2.05) is 25.1 Å². The number of hydrogen-bond donors (Lipinski definition) is 1. The number of nitrogens with zero attached hydrogens (tertiary/aromatic N) is 3. The van der Waals surface area contributed by atoms with E-state index < -0.39 is 0 Å². The van der Waals surface area contributed by atoms with E-state index in [0.717, 1.165) is 12.1 Å². The van der Waals surface area contributed by atoms with Crippen LogP contribution >= 0.6 is 0 Å². The molecule has 0 radical (unpaired) electrons. The van der Waals surface area contributed by atoms with E-state index in [2.05, 4.69) is 22.5 Å². The third kappa shape index (κ3) is 4.49. The normalized spacial score (nSPS) is 17.4. The third-order valence-electron chi connectivity index (χ3n) is 4.57. The van der Waals surface area contributed by atoms with Crippen molar-refractivity contribution in [3.63, 3.8) is 0 Å². The van der Waals surface area contributed by atoms with Crippen molar-refractivity contribution in [2.45, 2.75) is 19.4 Å². The third-order valence-corrected chi connectivity index (χ3v) is 4.57. The number of ether oxygens (including phenoxy) is 1. The van der Waals surface area contributed by atoms with E-state index in [-0.39, 0.29) is 24.5 Å². The van der Waals surface area contributed by atoms with Gasteiger partial charge in [0.25, 0.3) is 5.91 Å². The molecule has 1 atom stereocenters. The topological polar surface area (TPSA) is 76.5 Å². The van der Waals surface area contributed by atoms with Crippen LogP contribution in [-0.2, 0) is 23.0 Å². The van der Waals surface area contributed by atoms with Gasteiger partial charge in [-0.05, 0) is 25.0 Å². The van der Waals surface area contributed by atoms with Gasteiger partial charge in [-0.2, -0.15) is 5.10 Å². The van der Waals surface area contributed by atoms with Gasteiger partial charge in [0.1, 0.15) is 12.3 Å². The molecule has 1 aliphatic heterocycles. The lowest BCUT2D eigenvalue weighted by atomic mass is 10.1. The van der Waals surface area contributed by atoms with Crippen molar-refractivity contribution < 1.29 is 14.3 Å². The Hall–Kier alpha value is -2.67. The highest BCUT2D eigenvalue weighted by molar-refractivity contribution is 5.92. The second-order valence-electron chi connectivity index (χ2n) is 6.51. The van der Waals surface area contributed by atoms with Gasteiger partial charge in [-0.25, -0.2) is 0 Å². The lowest BCUT2D eigenvalue weighted by molar-refractivity contribution is -0.148. The number of aromatic nitrogens is 2. The van der Waals surface area contributed by atoms with E-state index in [0.29, 0.717) is 25.3 Å². The highest BCUT2D eigenvalue weighted by atomic mass is 16.5. The smallest absolute Gasteiger partial charge is 0.271 e. The lowest BCUT2D eigenvalue weighted by Crippen LogP contribution is -2.51. The van der Waals surface area contributed by atoms with Gasteiger partial charge >= 0.3 is 0 Å². The molecule has 2 aromatic rings. The van der Waals surface area contributed by atoms with Crippen LogP contribution in [0, 0.1) is 6.92 Å². The molecule has 1 unspecified atom stereocenters. The number of carbonyl (C=O) groups is 2. The minimum Gasteiger partial charge on any atom is -0.365 e. The average molecular weight is 356 g/mol. The molecule has 1 aromatic heterocycles. The first kappa shape index (κ1) is 18.1. The molecule has 1 fully saturated rings. The molecule has 1 N–H and O–H groups in total. The van der Waals surface area contributed by atoms with Crippen LogP contribution in [0.15, 0.2) is 36.4 Å². The zero-order chi connectivity index (χ0) is 18.5. The van der Waals surface area contributed by atoms with Gasteiger partial charge in [-0.3, -0.25) is 14.3 Å². The molecule has 7 nitrogen and oxygen atoms in total. The van der Waals surface area contributed by atoms with Gasteiger partial charge in [-0.15, -0.1) is 0 Å². The van der Waals surface area contributed by atoms with Crippen LogP contribution in [0.2, 0.25) is 0 Å². The molecule has 2 heterocycles. The summed E-state index contributed by atoms with van der Waals surface area (Å²) in [4.78, 5) is 26.1. The molecule has 2 amide bonds. The van der Waals surface area contributed by atoms with Gasteiger partial charge in [0.15, 0.2) is 0 Å². The van der Waals surface area contributed by atoms with Crippen LogP contribution in [0.4, 0.5) is 0 Å². The molecule has 1 saturated heterocycles. The molecule has 0 spiro atoms. The van der Waals surface area contributed by atoms with E-state index in [1.54, 1.807) is 22.7 Å². The Balaban J connectivity index is 1.49. The largest absolute Gasteiger partial charge is 0.365 e. The predicted molar refractivity (Wildman–Crippen MR) is 96.7 cm³/mol. The van der Waals surface area contributed by atoms with Crippen molar-refractivity contribution in [1.82, 2.24) is 20.0 Å². The standard InChI is InChI=1S/C19H24N4O3/c1-14-10-17(21-22(14)2)19(25)20-11-16-12-23(18(24)13-26-16)9-8-15-6-4-3-5-7-15/h3-7,10,16H,8-9,11-13H2,1-2H3,(H,20,25). The van der Waals surface area contributed by atoms with Crippen molar-refractivity contribution in [2.75, 3.05) is 26.2 Å². The maximum atomic E-state index is 12.2. The second-order valence-corrected chi connectivity index (χ2v) is 6.51. The number of carbonyl (C=O) groups excluding carboxylic acids is 2. The second kappa shape index (κ2) is 8.14. The molecule has 0 bridgehead atoms. The molecule has 0 saturated carbocycles. The lowest BCUT2D eigenvalue weighted by Gasteiger charge is -2.32. The maximum Gasteiger partial charge on any atom is 0.271 e. The fourth-order valence-corrected chi connectivity index (χ4v) is 2.90. The van der Waals surface area contributed by atoms with Gasteiger partial charge < -0.3 is 15.0 Å². The van der Waals surface area contributed by atoms with Crippen molar-refractivity contribution in [3.05, 3.63) is 53.3 Å². The average Bonchev–Trinajstić information content (AvgIpc) is 2.99. The van der Waals surface area contributed by atoms with Crippen LogP contribution in [0.3, 0.4) is 0 Å². The van der Waals surface area contributed by atoms with E-state index in [4.69, 9.17) is 4.74 Å². The zero-order valence-corrected chi connectivity index (χ0v) is 15.1. The Morgan fingerprint density at radius 1 is 1.35 bits per heavy atom. The zero-order valence-electron chi connectivity index (χ0n) is 15.1. The number of morpholine rings is 1. The van der Waals surface area contributed by atoms with Crippen LogP contribution in [0.5, 0.6) is 0 Å². The molecule has 0 aliphatic carbocycles. The van der Waals surface area contributed by atoms with Crippen molar-refractivity contribution in [2.24, 2.45) is 7.05 Å². The van der Waals surface area contributed by atoms with E-state index >= 15 is 0 Å².